The standard InChI is InChI=1S/C17H19N5O4/c23-8-12-14(24)15(25)17(26-12)22-9-19-13-11(22)7-20-21-16(13)18-6-10-4-2-1-3-5-10/h1-5,7,9,12,14-15,17,23-25H,6,8H2,(H,18,21)/t12-,14-,15-,17-/m1/s1. The van der Waals surface area contributed by atoms with Crippen molar-refractivity contribution in [3.05, 3.63) is 48.4 Å². The van der Waals surface area contributed by atoms with Crippen molar-refractivity contribution < 1.29 is 20.1 Å². The highest BCUT2D eigenvalue weighted by molar-refractivity contribution is 5.85. The van der Waals surface area contributed by atoms with Crippen molar-refractivity contribution in [2.45, 2.75) is 31.1 Å². The van der Waals surface area contributed by atoms with E-state index in [-0.39, 0.29) is 6.61 Å². The average molecular weight is 357 g/mol. The van der Waals surface area contributed by atoms with Crippen LogP contribution in [0.25, 0.3) is 11.0 Å². The van der Waals surface area contributed by atoms with Crippen molar-refractivity contribution >= 4 is 16.9 Å². The molecule has 3 aromatic rings. The Morgan fingerprint density at radius 2 is 1.96 bits per heavy atom. The van der Waals surface area contributed by atoms with Gasteiger partial charge < -0.3 is 25.4 Å². The van der Waals surface area contributed by atoms with E-state index in [0.717, 1.165) is 5.56 Å². The maximum Gasteiger partial charge on any atom is 0.177 e. The van der Waals surface area contributed by atoms with Crippen LogP contribution in [0.3, 0.4) is 0 Å². The molecule has 2 aromatic heterocycles. The fourth-order valence-electron chi connectivity index (χ4n) is 3.08. The first-order chi connectivity index (χ1) is 12.7. The molecule has 1 aromatic carbocycles. The molecule has 0 unspecified atom stereocenters. The molecule has 0 amide bonds. The largest absolute Gasteiger partial charge is 0.394 e. The van der Waals surface area contributed by atoms with Gasteiger partial charge in [-0.05, 0) is 5.56 Å². The lowest BCUT2D eigenvalue weighted by atomic mass is 10.1. The quantitative estimate of drug-likeness (QED) is 0.505. The van der Waals surface area contributed by atoms with Crippen molar-refractivity contribution in [3.8, 4) is 0 Å². The Kier molecular flexibility index (Phi) is 4.51. The second-order valence-corrected chi connectivity index (χ2v) is 6.15. The van der Waals surface area contributed by atoms with Crippen LogP contribution in [0.4, 0.5) is 5.82 Å². The van der Waals surface area contributed by atoms with Gasteiger partial charge in [0, 0.05) is 6.54 Å². The maximum atomic E-state index is 10.2. The topological polar surface area (TPSA) is 126 Å². The Morgan fingerprint density at radius 3 is 2.69 bits per heavy atom. The Labute approximate surface area is 148 Å². The van der Waals surface area contributed by atoms with E-state index in [4.69, 9.17) is 4.74 Å². The van der Waals surface area contributed by atoms with E-state index in [1.54, 1.807) is 4.57 Å². The lowest BCUT2D eigenvalue weighted by Gasteiger charge is -2.17. The second-order valence-electron chi connectivity index (χ2n) is 6.15. The molecule has 1 fully saturated rings. The van der Waals surface area contributed by atoms with Crippen LogP contribution in [0.1, 0.15) is 11.8 Å². The normalized spacial score (nSPS) is 25.7. The molecule has 136 valence electrons. The fraction of sp³-hybridized carbons (Fsp3) is 0.353. The highest BCUT2D eigenvalue weighted by Crippen LogP contribution is 2.32. The number of aliphatic hydroxyl groups excluding tert-OH is 3. The third-order valence-corrected chi connectivity index (χ3v) is 4.49. The number of nitrogens with one attached hydrogen (secondary N) is 1. The minimum atomic E-state index is -1.18. The zero-order chi connectivity index (χ0) is 18.1. The molecule has 4 atom stereocenters. The molecule has 1 aliphatic heterocycles. The molecule has 0 spiro atoms. The summed E-state index contributed by atoms with van der Waals surface area (Å²) in [6.45, 7) is 0.181. The van der Waals surface area contributed by atoms with Crippen molar-refractivity contribution in [2.24, 2.45) is 0 Å². The molecular weight excluding hydrogens is 338 g/mol. The van der Waals surface area contributed by atoms with E-state index in [1.807, 2.05) is 30.3 Å². The number of aliphatic hydroxyl groups is 3. The first-order valence-electron chi connectivity index (χ1n) is 8.27. The molecule has 9 nitrogen and oxygen atoms in total. The van der Waals surface area contributed by atoms with Gasteiger partial charge in [0.15, 0.2) is 12.0 Å². The Hall–Kier alpha value is -2.59. The van der Waals surface area contributed by atoms with E-state index in [0.29, 0.717) is 23.4 Å². The molecule has 4 N–H and O–H groups in total. The van der Waals surface area contributed by atoms with Gasteiger partial charge >= 0.3 is 0 Å². The number of nitrogens with zero attached hydrogens (tertiary/aromatic N) is 4. The van der Waals surface area contributed by atoms with Gasteiger partial charge in [0.2, 0.25) is 0 Å². The molecule has 0 saturated carbocycles. The summed E-state index contributed by atoms with van der Waals surface area (Å²) in [5.41, 5.74) is 2.27. The number of ether oxygens (including phenoxy) is 1. The second kappa shape index (κ2) is 6.96. The minimum absolute atomic E-state index is 0.384. The summed E-state index contributed by atoms with van der Waals surface area (Å²) in [7, 11) is 0. The molecule has 0 radical (unpaired) electrons. The van der Waals surface area contributed by atoms with E-state index >= 15 is 0 Å². The molecule has 9 heteroatoms. The first kappa shape index (κ1) is 16.9. The summed E-state index contributed by atoms with van der Waals surface area (Å²) in [5, 5.41) is 40.7. The van der Waals surface area contributed by atoms with Gasteiger partial charge in [0.05, 0.1) is 24.6 Å². The molecule has 4 rings (SSSR count). The molecule has 1 aliphatic rings. The van der Waals surface area contributed by atoms with Gasteiger partial charge in [-0.1, -0.05) is 30.3 Å². The number of imidazole rings is 1. The average Bonchev–Trinajstić information content (AvgIpc) is 3.23. The summed E-state index contributed by atoms with van der Waals surface area (Å²) >= 11 is 0. The summed E-state index contributed by atoms with van der Waals surface area (Å²) in [5.74, 6) is 0.511. The van der Waals surface area contributed by atoms with Crippen LogP contribution < -0.4 is 5.32 Å². The van der Waals surface area contributed by atoms with Crippen LogP contribution >= 0.6 is 0 Å². The fourth-order valence-corrected chi connectivity index (χ4v) is 3.08. The molecule has 26 heavy (non-hydrogen) atoms. The Balaban J connectivity index is 1.61. The van der Waals surface area contributed by atoms with Crippen LogP contribution in [0.15, 0.2) is 42.9 Å². The van der Waals surface area contributed by atoms with Gasteiger partial charge in [-0.3, -0.25) is 4.57 Å². The summed E-state index contributed by atoms with van der Waals surface area (Å²) < 4.78 is 7.15. The summed E-state index contributed by atoms with van der Waals surface area (Å²) in [6, 6.07) is 9.86. The third-order valence-electron chi connectivity index (χ3n) is 4.49. The van der Waals surface area contributed by atoms with E-state index in [1.165, 1.54) is 12.5 Å². The van der Waals surface area contributed by atoms with Crippen molar-refractivity contribution in [1.82, 2.24) is 19.7 Å². The van der Waals surface area contributed by atoms with Crippen LogP contribution in [-0.4, -0.2) is 60.0 Å². The van der Waals surface area contributed by atoms with Gasteiger partial charge in [-0.15, -0.1) is 5.10 Å². The number of anilines is 1. The van der Waals surface area contributed by atoms with E-state index in [9.17, 15) is 15.3 Å². The van der Waals surface area contributed by atoms with Crippen LogP contribution in [0.2, 0.25) is 0 Å². The first-order valence-corrected chi connectivity index (χ1v) is 8.27. The SMILES string of the molecule is OC[C@H]1O[C@@H](n2cnc3c(NCc4ccccc4)nncc32)[C@H](O)[C@@H]1O. The maximum absolute atomic E-state index is 10.2. The van der Waals surface area contributed by atoms with Crippen LogP contribution in [-0.2, 0) is 11.3 Å². The molecule has 0 bridgehead atoms. The van der Waals surface area contributed by atoms with Crippen LogP contribution in [0, 0.1) is 0 Å². The molecular formula is C17H19N5O4. The molecule has 1 saturated heterocycles. The highest BCUT2D eigenvalue weighted by atomic mass is 16.6. The molecule has 0 aliphatic carbocycles. The Bertz CT molecular complexity index is 887. The highest BCUT2D eigenvalue weighted by Gasteiger charge is 2.43. The summed E-state index contributed by atoms with van der Waals surface area (Å²) in [6.07, 6.45) is -1.05. The number of hydrogen-bond donors (Lipinski definition) is 4. The van der Waals surface area contributed by atoms with Crippen molar-refractivity contribution in [3.63, 3.8) is 0 Å². The van der Waals surface area contributed by atoms with Crippen molar-refractivity contribution in [2.75, 3.05) is 11.9 Å². The number of aromatic nitrogens is 4. The Morgan fingerprint density at radius 1 is 1.15 bits per heavy atom. The van der Waals surface area contributed by atoms with Gasteiger partial charge in [0.25, 0.3) is 0 Å². The predicted molar refractivity (Wildman–Crippen MR) is 92.1 cm³/mol. The monoisotopic (exact) mass is 357 g/mol. The number of hydrogen-bond acceptors (Lipinski definition) is 8. The predicted octanol–water partition coefficient (Wildman–Crippen LogP) is 0.0499. The lowest BCUT2D eigenvalue weighted by Crippen LogP contribution is -2.33. The lowest BCUT2D eigenvalue weighted by molar-refractivity contribution is -0.0509. The summed E-state index contributed by atoms with van der Waals surface area (Å²) in [4.78, 5) is 4.35. The van der Waals surface area contributed by atoms with Crippen LogP contribution in [0.5, 0.6) is 0 Å². The van der Waals surface area contributed by atoms with E-state index < -0.39 is 24.5 Å². The van der Waals surface area contributed by atoms with Gasteiger partial charge in [0.1, 0.15) is 23.8 Å². The molecule has 3 heterocycles. The van der Waals surface area contributed by atoms with Gasteiger partial charge in [-0.25, -0.2) is 4.98 Å². The third kappa shape index (κ3) is 2.90. The number of fused-ring (bicyclic) bond motifs is 1. The van der Waals surface area contributed by atoms with E-state index in [2.05, 4.69) is 20.5 Å². The zero-order valence-electron chi connectivity index (χ0n) is 13.8. The smallest absolute Gasteiger partial charge is 0.177 e. The zero-order valence-corrected chi connectivity index (χ0v) is 13.8. The van der Waals surface area contributed by atoms with Gasteiger partial charge in [-0.2, -0.15) is 5.10 Å². The number of rotatable bonds is 5. The number of benzene rings is 1. The minimum Gasteiger partial charge on any atom is -0.394 e. The van der Waals surface area contributed by atoms with Crippen molar-refractivity contribution in [1.29, 1.82) is 0 Å².